The molecule has 0 heterocycles. The zero-order valence-corrected chi connectivity index (χ0v) is 11.1. The Morgan fingerprint density at radius 1 is 0.850 bits per heavy atom. The second-order valence-electron chi connectivity index (χ2n) is 4.77. The maximum absolute atomic E-state index is 12.8. The molecule has 2 aromatic carbocycles. The number of benzene rings is 2. The van der Waals surface area contributed by atoms with E-state index in [9.17, 15) is 13.2 Å². The molecule has 0 aliphatic heterocycles. The van der Waals surface area contributed by atoms with Gasteiger partial charge in [-0.1, -0.05) is 49.4 Å². The summed E-state index contributed by atoms with van der Waals surface area (Å²) in [6, 6.07) is 14.4. The van der Waals surface area contributed by atoms with Crippen LogP contribution in [-0.4, -0.2) is 0 Å². The number of hydrogen-bond acceptors (Lipinski definition) is 1. The average molecular weight is 279 g/mol. The summed E-state index contributed by atoms with van der Waals surface area (Å²) in [5.41, 5.74) is 6.08. The number of hydrogen-bond donors (Lipinski definition) is 1. The van der Waals surface area contributed by atoms with Gasteiger partial charge in [-0.15, -0.1) is 0 Å². The molecule has 0 radical (unpaired) electrons. The van der Waals surface area contributed by atoms with E-state index in [4.69, 9.17) is 5.73 Å². The Labute approximate surface area is 116 Å². The van der Waals surface area contributed by atoms with Gasteiger partial charge in [0.15, 0.2) is 0 Å². The second kappa shape index (κ2) is 5.29. The summed E-state index contributed by atoms with van der Waals surface area (Å²) in [5.74, 6) is 0. The van der Waals surface area contributed by atoms with Crippen molar-refractivity contribution in [1.29, 1.82) is 0 Å². The summed E-state index contributed by atoms with van der Waals surface area (Å²) in [6.07, 6.45) is -3.85. The van der Waals surface area contributed by atoms with E-state index >= 15 is 0 Å². The number of halogens is 3. The van der Waals surface area contributed by atoms with Gasteiger partial charge in [0.1, 0.15) is 0 Å². The first-order chi connectivity index (χ1) is 9.38. The number of alkyl halides is 3. The molecule has 0 aromatic heterocycles. The minimum Gasteiger partial charge on any atom is -0.318 e. The van der Waals surface area contributed by atoms with E-state index in [0.717, 1.165) is 17.7 Å². The Morgan fingerprint density at radius 3 is 1.95 bits per heavy atom. The average Bonchev–Trinajstić information content (AvgIpc) is 2.46. The van der Waals surface area contributed by atoms with Gasteiger partial charge >= 0.3 is 6.18 Å². The van der Waals surface area contributed by atoms with E-state index in [1.165, 1.54) is 6.07 Å². The van der Waals surface area contributed by atoms with E-state index in [0.29, 0.717) is 12.0 Å². The van der Waals surface area contributed by atoms with Gasteiger partial charge in [0.2, 0.25) is 0 Å². The van der Waals surface area contributed by atoms with Crippen LogP contribution in [0.15, 0.2) is 54.6 Å². The van der Waals surface area contributed by atoms with Gasteiger partial charge in [-0.2, -0.15) is 13.2 Å². The lowest BCUT2D eigenvalue weighted by molar-refractivity contribution is -0.137. The molecular weight excluding hydrogens is 263 g/mol. The number of nitrogens with two attached hydrogens (primary N) is 1. The Hall–Kier alpha value is -1.81. The molecule has 2 aromatic rings. The normalized spacial score (nSPS) is 14.8. The summed E-state index contributed by atoms with van der Waals surface area (Å²) >= 11 is 0. The molecule has 4 heteroatoms. The van der Waals surface area contributed by atoms with Gasteiger partial charge in [0.05, 0.1) is 11.1 Å². The van der Waals surface area contributed by atoms with E-state index in [2.05, 4.69) is 0 Å². The van der Waals surface area contributed by atoms with Crippen LogP contribution in [0.25, 0.3) is 0 Å². The Bertz CT molecular complexity index is 578. The van der Waals surface area contributed by atoms with Crippen molar-refractivity contribution in [3.63, 3.8) is 0 Å². The third-order valence-corrected chi connectivity index (χ3v) is 3.55. The molecule has 2 N–H and O–H groups in total. The molecule has 0 saturated carbocycles. The van der Waals surface area contributed by atoms with Gasteiger partial charge < -0.3 is 5.73 Å². The predicted molar refractivity (Wildman–Crippen MR) is 73.1 cm³/mol. The lowest BCUT2D eigenvalue weighted by Gasteiger charge is -2.30. The van der Waals surface area contributed by atoms with Crippen LogP contribution < -0.4 is 5.73 Å². The van der Waals surface area contributed by atoms with Crippen molar-refractivity contribution in [2.24, 2.45) is 5.73 Å². The monoisotopic (exact) mass is 279 g/mol. The Morgan fingerprint density at radius 2 is 1.40 bits per heavy atom. The molecule has 0 fully saturated rings. The SMILES string of the molecule is CCC(N)(c1ccccc1)c1cccc(C(F)(F)F)c1. The topological polar surface area (TPSA) is 26.0 Å². The van der Waals surface area contributed by atoms with Gasteiger partial charge in [-0.05, 0) is 29.7 Å². The zero-order valence-electron chi connectivity index (χ0n) is 11.1. The zero-order chi connectivity index (χ0) is 14.8. The lowest BCUT2D eigenvalue weighted by atomic mass is 9.81. The molecule has 0 amide bonds. The van der Waals surface area contributed by atoms with Crippen molar-refractivity contribution >= 4 is 0 Å². The Kier molecular flexibility index (Phi) is 3.86. The molecule has 1 nitrogen and oxygen atoms in total. The van der Waals surface area contributed by atoms with Crippen molar-refractivity contribution in [3.05, 3.63) is 71.3 Å². The summed E-state index contributed by atoms with van der Waals surface area (Å²) in [4.78, 5) is 0. The van der Waals surface area contributed by atoms with Crippen molar-refractivity contribution in [3.8, 4) is 0 Å². The molecule has 106 valence electrons. The van der Waals surface area contributed by atoms with Crippen molar-refractivity contribution in [2.75, 3.05) is 0 Å². The van der Waals surface area contributed by atoms with Crippen LogP contribution in [0.5, 0.6) is 0 Å². The highest BCUT2D eigenvalue weighted by Crippen LogP contribution is 2.35. The first kappa shape index (κ1) is 14.6. The highest BCUT2D eigenvalue weighted by molar-refractivity contribution is 5.40. The largest absolute Gasteiger partial charge is 0.416 e. The molecule has 2 rings (SSSR count). The Balaban J connectivity index is 2.53. The molecule has 0 aliphatic rings. The highest BCUT2D eigenvalue weighted by Gasteiger charge is 2.33. The summed E-state index contributed by atoms with van der Waals surface area (Å²) < 4.78 is 38.5. The summed E-state index contributed by atoms with van der Waals surface area (Å²) in [6.45, 7) is 1.87. The fraction of sp³-hybridized carbons (Fsp3) is 0.250. The third-order valence-electron chi connectivity index (χ3n) is 3.55. The first-order valence-corrected chi connectivity index (χ1v) is 6.40. The van der Waals surface area contributed by atoms with Crippen LogP contribution in [0.2, 0.25) is 0 Å². The van der Waals surface area contributed by atoms with Crippen LogP contribution in [0.4, 0.5) is 13.2 Å². The maximum Gasteiger partial charge on any atom is 0.416 e. The minimum absolute atomic E-state index is 0.473. The molecule has 20 heavy (non-hydrogen) atoms. The van der Waals surface area contributed by atoms with Crippen molar-refractivity contribution in [2.45, 2.75) is 25.1 Å². The third kappa shape index (κ3) is 2.70. The van der Waals surface area contributed by atoms with E-state index < -0.39 is 17.3 Å². The van der Waals surface area contributed by atoms with Gasteiger partial charge in [0, 0.05) is 0 Å². The molecular formula is C16H16F3N. The molecule has 1 atom stereocenters. The van der Waals surface area contributed by atoms with Crippen LogP contribution in [0.3, 0.4) is 0 Å². The van der Waals surface area contributed by atoms with Gasteiger partial charge in [-0.25, -0.2) is 0 Å². The molecule has 0 bridgehead atoms. The van der Waals surface area contributed by atoms with E-state index in [1.54, 1.807) is 6.07 Å². The van der Waals surface area contributed by atoms with Crippen molar-refractivity contribution in [1.82, 2.24) is 0 Å². The molecule has 0 saturated heterocycles. The molecule has 0 aliphatic carbocycles. The molecule has 0 spiro atoms. The smallest absolute Gasteiger partial charge is 0.318 e. The first-order valence-electron chi connectivity index (χ1n) is 6.40. The van der Waals surface area contributed by atoms with Crippen LogP contribution in [0, 0.1) is 0 Å². The standard InChI is InChI=1S/C16H16F3N/c1-2-15(20,12-7-4-3-5-8-12)13-9-6-10-14(11-13)16(17,18)19/h3-11H,2,20H2,1H3. The lowest BCUT2D eigenvalue weighted by Crippen LogP contribution is -2.37. The minimum atomic E-state index is -4.36. The number of rotatable bonds is 3. The van der Waals surface area contributed by atoms with Gasteiger partial charge in [0.25, 0.3) is 0 Å². The van der Waals surface area contributed by atoms with Crippen LogP contribution in [0.1, 0.15) is 30.0 Å². The van der Waals surface area contributed by atoms with Crippen molar-refractivity contribution < 1.29 is 13.2 Å². The molecule has 1 unspecified atom stereocenters. The highest BCUT2D eigenvalue weighted by atomic mass is 19.4. The van der Waals surface area contributed by atoms with Crippen LogP contribution in [-0.2, 0) is 11.7 Å². The quantitative estimate of drug-likeness (QED) is 0.889. The van der Waals surface area contributed by atoms with E-state index in [-0.39, 0.29) is 0 Å². The summed E-state index contributed by atoms with van der Waals surface area (Å²) in [7, 11) is 0. The van der Waals surface area contributed by atoms with Gasteiger partial charge in [-0.3, -0.25) is 0 Å². The fourth-order valence-electron chi connectivity index (χ4n) is 2.28. The van der Waals surface area contributed by atoms with E-state index in [1.807, 2.05) is 37.3 Å². The van der Waals surface area contributed by atoms with Crippen LogP contribution >= 0.6 is 0 Å². The maximum atomic E-state index is 12.8. The second-order valence-corrected chi connectivity index (χ2v) is 4.77. The summed E-state index contributed by atoms with van der Waals surface area (Å²) in [5, 5.41) is 0. The predicted octanol–water partition coefficient (Wildman–Crippen LogP) is 4.32. The fourth-order valence-corrected chi connectivity index (χ4v) is 2.28.